The molecule has 0 amide bonds. The summed E-state index contributed by atoms with van der Waals surface area (Å²) in [6.45, 7) is 4.48. The molecule has 0 radical (unpaired) electrons. The van der Waals surface area contributed by atoms with Crippen LogP contribution in [0.1, 0.15) is 19.8 Å². The van der Waals surface area contributed by atoms with Gasteiger partial charge in [0.25, 0.3) is 0 Å². The maximum Gasteiger partial charge on any atom is 0.0483 e. The molecule has 1 N–H and O–H groups in total. The van der Waals surface area contributed by atoms with Gasteiger partial charge in [0.05, 0.1) is 0 Å². The molecule has 0 aromatic rings. The zero-order valence-electron chi connectivity index (χ0n) is 7.78. The van der Waals surface area contributed by atoms with Crippen molar-refractivity contribution in [2.24, 2.45) is 0 Å². The molecule has 1 aliphatic rings. The highest BCUT2D eigenvalue weighted by molar-refractivity contribution is 6.36. The minimum atomic E-state index is 0.151. The van der Waals surface area contributed by atoms with Crippen molar-refractivity contribution in [3.63, 3.8) is 0 Å². The van der Waals surface area contributed by atoms with E-state index in [1.165, 1.54) is 5.54 Å². The van der Waals surface area contributed by atoms with Crippen LogP contribution in [0.15, 0.2) is 10.6 Å². The van der Waals surface area contributed by atoms with Gasteiger partial charge >= 0.3 is 0 Å². The first-order chi connectivity index (χ1) is 6.16. The Morgan fingerprint density at radius 2 is 2.15 bits per heavy atom. The number of halogens is 2. The van der Waals surface area contributed by atoms with Crippen LogP contribution in [0, 0.1) is 0 Å². The number of hydrogen-bond donors (Lipinski definition) is 1. The zero-order chi connectivity index (χ0) is 9.73. The summed E-state index contributed by atoms with van der Waals surface area (Å²) < 4.78 is 5.28. The third-order valence-electron chi connectivity index (χ3n) is 2.40. The minimum absolute atomic E-state index is 0.151. The Kier molecular flexibility index (Phi) is 4.53. The molecule has 0 atom stereocenters. The lowest BCUT2D eigenvalue weighted by molar-refractivity contribution is 0.0466. The van der Waals surface area contributed by atoms with Crippen molar-refractivity contribution in [2.45, 2.75) is 25.3 Å². The Labute approximate surface area is 89.2 Å². The topological polar surface area (TPSA) is 21.3 Å². The van der Waals surface area contributed by atoms with E-state index in [-0.39, 0.29) is 5.54 Å². The van der Waals surface area contributed by atoms with Crippen molar-refractivity contribution in [1.29, 1.82) is 0 Å². The van der Waals surface area contributed by atoms with Gasteiger partial charge in [-0.1, -0.05) is 23.2 Å². The van der Waals surface area contributed by atoms with Gasteiger partial charge in [0.1, 0.15) is 0 Å². The van der Waals surface area contributed by atoms with Crippen molar-refractivity contribution in [2.75, 3.05) is 19.8 Å². The molecule has 0 spiro atoms. The van der Waals surface area contributed by atoms with E-state index in [1.54, 1.807) is 0 Å². The fourth-order valence-corrected chi connectivity index (χ4v) is 1.48. The molecule has 1 aliphatic heterocycles. The molecule has 0 aromatic heterocycles. The van der Waals surface area contributed by atoms with Crippen molar-refractivity contribution >= 4 is 23.2 Å². The van der Waals surface area contributed by atoms with Crippen LogP contribution in [-0.2, 0) is 4.74 Å². The van der Waals surface area contributed by atoms with Crippen LogP contribution < -0.4 is 5.32 Å². The van der Waals surface area contributed by atoms with E-state index in [9.17, 15) is 0 Å². The molecule has 0 aliphatic carbocycles. The van der Waals surface area contributed by atoms with Crippen LogP contribution in [-0.4, -0.2) is 25.3 Å². The van der Waals surface area contributed by atoms with Crippen LogP contribution in [0.2, 0.25) is 0 Å². The summed E-state index contributed by atoms with van der Waals surface area (Å²) in [5.74, 6) is 0. The first kappa shape index (κ1) is 11.3. The van der Waals surface area contributed by atoms with E-state index in [2.05, 4.69) is 12.2 Å². The average molecular weight is 224 g/mol. The highest BCUT2D eigenvalue weighted by Gasteiger charge is 2.26. The minimum Gasteiger partial charge on any atom is -0.381 e. The maximum absolute atomic E-state index is 5.78. The first-order valence-electron chi connectivity index (χ1n) is 4.44. The molecule has 4 heteroatoms. The Morgan fingerprint density at radius 3 is 2.69 bits per heavy atom. The normalized spacial score (nSPS) is 23.2. The van der Waals surface area contributed by atoms with Gasteiger partial charge < -0.3 is 10.1 Å². The molecule has 0 bridgehead atoms. The van der Waals surface area contributed by atoms with Gasteiger partial charge in [0, 0.05) is 35.9 Å². The van der Waals surface area contributed by atoms with Gasteiger partial charge in [-0.05, 0) is 19.8 Å². The first-order valence-corrected chi connectivity index (χ1v) is 5.25. The summed E-state index contributed by atoms with van der Waals surface area (Å²) in [5, 5.41) is 4.03. The van der Waals surface area contributed by atoms with Gasteiger partial charge in [0.2, 0.25) is 0 Å². The van der Waals surface area contributed by atoms with E-state index in [0.29, 0.717) is 11.6 Å². The Balaban J connectivity index is 2.33. The summed E-state index contributed by atoms with van der Waals surface area (Å²) in [6, 6.07) is 0. The molecule has 1 saturated heterocycles. The van der Waals surface area contributed by atoms with E-state index in [1.807, 2.05) is 0 Å². The smallest absolute Gasteiger partial charge is 0.0483 e. The molecule has 13 heavy (non-hydrogen) atoms. The summed E-state index contributed by atoms with van der Waals surface area (Å²) in [7, 11) is 0. The van der Waals surface area contributed by atoms with Gasteiger partial charge in [0.15, 0.2) is 0 Å². The fourth-order valence-electron chi connectivity index (χ4n) is 1.34. The van der Waals surface area contributed by atoms with Crippen molar-refractivity contribution in [3.05, 3.63) is 10.6 Å². The Hall–Kier alpha value is 0.240. The summed E-state index contributed by atoms with van der Waals surface area (Å²) >= 11 is 11.2. The van der Waals surface area contributed by atoms with Gasteiger partial charge in [-0.15, -0.1) is 0 Å². The number of hydrogen-bond acceptors (Lipinski definition) is 2. The molecule has 0 unspecified atom stereocenters. The van der Waals surface area contributed by atoms with Crippen LogP contribution >= 0.6 is 23.2 Å². The molecule has 0 aromatic carbocycles. The molecular formula is C9H15Cl2NO. The number of ether oxygens (including phenoxy) is 1. The monoisotopic (exact) mass is 223 g/mol. The van der Waals surface area contributed by atoms with Gasteiger partial charge in [-0.2, -0.15) is 0 Å². The van der Waals surface area contributed by atoms with Crippen molar-refractivity contribution < 1.29 is 4.74 Å². The second kappa shape index (κ2) is 5.20. The van der Waals surface area contributed by atoms with Crippen LogP contribution in [0.25, 0.3) is 0 Å². The lowest BCUT2D eigenvalue weighted by atomic mass is 9.92. The van der Waals surface area contributed by atoms with E-state index in [0.717, 1.165) is 26.1 Å². The molecule has 1 heterocycles. The molecule has 0 saturated carbocycles. The third kappa shape index (κ3) is 3.86. The molecule has 2 nitrogen and oxygen atoms in total. The largest absolute Gasteiger partial charge is 0.381 e. The fraction of sp³-hybridized carbons (Fsp3) is 0.778. The van der Waals surface area contributed by atoms with Crippen LogP contribution in [0.4, 0.5) is 0 Å². The second-order valence-electron chi connectivity index (χ2n) is 3.58. The van der Waals surface area contributed by atoms with E-state index >= 15 is 0 Å². The SMILES string of the molecule is CC1(NCC(Cl)=CCl)CCOCC1. The van der Waals surface area contributed by atoms with Crippen molar-refractivity contribution in [1.82, 2.24) is 5.32 Å². The maximum atomic E-state index is 5.78. The lowest BCUT2D eigenvalue weighted by Crippen LogP contribution is -2.47. The quantitative estimate of drug-likeness (QED) is 0.795. The zero-order valence-corrected chi connectivity index (χ0v) is 9.29. The third-order valence-corrected chi connectivity index (χ3v) is 3.02. The molecular weight excluding hydrogens is 209 g/mol. The molecule has 1 fully saturated rings. The average Bonchev–Trinajstić information content (AvgIpc) is 2.15. The van der Waals surface area contributed by atoms with Gasteiger partial charge in [-0.25, -0.2) is 0 Å². The Morgan fingerprint density at radius 1 is 1.54 bits per heavy atom. The predicted molar refractivity (Wildman–Crippen MR) is 56.2 cm³/mol. The van der Waals surface area contributed by atoms with Crippen LogP contribution in [0.3, 0.4) is 0 Å². The number of nitrogens with one attached hydrogen (secondary N) is 1. The van der Waals surface area contributed by atoms with Gasteiger partial charge in [-0.3, -0.25) is 0 Å². The molecule has 76 valence electrons. The van der Waals surface area contributed by atoms with E-state index in [4.69, 9.17) is 27.9 Å². The van der Waals surface area contributed by atoms with Crippen molar-refractivity contribution in [3.8, 4) is 0 Å². The number of rotatable bonds is 3. The second-order valence-corrected chi connectivity index (χ2v) is 4.29. The standard InChI is InChI=1S/C9H15Cl2NO/c1-9(2-4-13-5-3-9)12-7-8(11)6-10/h6,12H,2-5,7H2,1H3. The highest BCUT2D eigenvalue weighted by Crippen LogP contribution is 2.20. The summed E-state index contributed by atoms with van der Waals surface area (Å²) in [4.78, 5) is 0. The predicted octanol–water partition coefficient (Wildman–Crippen LogP) is 2.46. The molecule has 1 rings (SSSR count). The summed E-state index contributed by atoms with van der Waals surface area (Å²) in [5.41, 5.74) is 1.55. The highest BCUT2D eigenvalue weighted by atomic mass is 35.5. The summed E-state index contributed by atoms with van der Waals surface area (Å²) in [6.07, 6.45) is 2.05. The van der Waals surface area contributed by atoms with Crippen LogP contribution in [0.5, 0.6) is 0 Å². The Bertz CT molecular complexity index is 188. The van der Waals surface area contributed by atoms with E-state index < -0.39 is 0 Å². The lowest BCUT2D eigenvalue weighted by Gasteiger charge is -2.34.